The Morgan fingerprint density at radius 3 is 2.15 bits per heavy atom. The van der Waals surface area contributed by atoms with E-state index in [-0.39, 0.29) is 6.10 Å². The molecule has 0 aliphatic heterocycles. The number of rotatable bonds is 8. The van der Waals surface area contributed by atoms with Crippen molar-refractivity contribution in [3.8, 4) is 0 Å². The lowest BCUT2D eigenvalue weighted by Crippen LogP contribution is -2.34. The minimum Gasteiger partial charge on any atom is -0.374 e. The van der Waals surface area contributed by atoms with Gasteiger partial charge in [-0.15, -0.1) is 0 Å². The van der Waals surface area contributed by atoms with Crippen LogP contribution in [0.1, 0.15) is 46.5 Å². The van der Waals surface area contributed by atoms with Gasteiger partial charge < -0.3 is 4.74 Å². The Balaban J connectivity index is 3.64. The molecule has 0 saturated carbocycles. The standard InChI is InChI=1S/C10H24N2O/c1-4-6-10(7-5-2)13-9(3)8-12-11/h9-10,12H,4-8,11H2,1-3H3. The van der Waals surface area contributed by atoms with Gasteiger partial charge in [0.05, 0.1) is 12.2 Å². The predicted octanol–water partition coefficient (Wildman–Crippen LogP) is 1.82. The summed E-state index contributed by atoms with van der Waals surface area (Å²) in [5, 5.41) is 0. The number of ether oxygens (including phenoxy) is 1. The zero-order valence-electron chi connectivity index (χ0n) is 9.18. The SMILES string of the molecule is CCCC(CCC)OC(C)CNN. The monoisotopic (exact) mass is 188 g/mol. The first kappa shape index (κ1) is 12.9. The molecule has 0 aliphatic rings. The molecule has 0 spiro atoms. The number of nitrogens with two attached hydrogens (primary N) is 1. The van der Waals surface area contributed by atoms with Gasteiger partial charge >= 0.3 is 0 Å². The Morgan fingerprint density at radius 1 is 1.23 bits per heavy atom. The second-order valence-corrected chi connectivity index (χ2v) is 3.55. The molecule has 0 saturated heterocycles. The Labute approximate surface area is 82.0 Å². The lowest BCUT2D eigenvalue weighted by atomic mass is 10.1. The van der Waals surface area contributed by atoms with Crippen molar-refractivity contribution in [2.45, 2.75) is 58.7 Å². The topological polar surface area (TPSA) is 47.3 Å². The molecule has 0 radical (unpaired) electrons. The van der Waals surface area contributed by atoms with Crippen molar-refractivity contribution in [1.29, 1.82) is 0 Å². The first-order valence-corrected chi connectivity index (χ1v) is 5.33. The van der Waals surface area contributed by atoms with Crippen LogP contribution in [0.5, 0.6) is 0 Å². The summed E-state index contributed by atoms with van der Waals surface area (Å²) >= 11 is 0. The number of hydrazine groups is 1. The van der Waals surface area contributed by atoms with Crippen molar-refractivity contribution in [2.24, 2.45) is 5.84 Å². The lowest BCUT2D eigenvalue weighted by molar-refractivity contribution is -0.0105. The molecule has 0 aromatic rings. The average Bonchev–Trinajstić information content (AvgIpc) is 2.05. The maximum absolute atomic E-state index is 5.83. The Bertz CT molecular complexity index is 103. The van der Waals surface area contributed by atoms with Crippen LogP contribution in [-0.4, -0.2) is 18.8 Å². The Morgan fingerprint density at radius 2 is 1.77 bits per heavy atom. The quantitative estimate of drug-likeness (QED) is 0.451. The van der Waals surface area contributed by atoms with E-state index in [0.717, 1.165) is 19.4 Å². The molecule has 0 aliphatic carbocycles. The molecule has 3 nitrogen and oxygen atoms in total. The fourth-order valence-electron chi connectivity index (χ4n) is 1.47. The first-order chi connectivity index (χ1) is 6.24. The van der Waals surface area contributed by atoms with Gasteiger partial charge in [0, 0.05) is 6.54 Å². The molecule has 0 amide bonds. The highest BCUT2D eigenvalue weighted by Crippen LogP contribution is 2.11. The average molecular weight is 188 g/mol. The van der Waals surface area contributed by atoms with Crippen LogP contribution in [0, 0.1) is 0 Å². The highest BCUT2D eigenvalue weighted by atomic mass is 16.5. The van der Waals surface area contributed by atoms with Crippen LogP contribution in [0.3, 0.4) is 0 Å². The van der Waals surface area contributed by atoms with Crippen LogP contribution >= 0.6 is 0 Å². The smallest absolute Gasteiger partial charge is 0.0688 e. The second kappa shape index (κ2) is 8.48. The van der Waals surface area contributed by atoms with E-state index in [9.17, 15) is 0 Å². The summed E-state index contributed by atoms with van der Waals surface area (Å²) in [6, 6.07) is 0. The maximum Gasteiger partial charge on any atom is 0.0688 e. The Hall–Kier alpha value is -0.120. The number of hydrogen-bond acceptors (Lipinski definition) is 3. The highest BCUT2D eigenvalue weighted by Gasteiger charge is 2.10. The molecule has 0 fully saturated rings. The minimum atomic E-state index is 0.216. The molecule has 1 atom stereocenters. The van der Waals surface area contributed by atoms with Crippen molar-refractivity contribution in [3.05, 3.63) is 0 Å². The molecule has 0 rings (SSSR count). The van der Waals surface area contributed by atoms with Gasteiger partial charge in [0.1, 0.15) is 0 Å². The van der Waals surface area contributed by atoms with Crippen LogP contribution in [0.15, 0.2) is 0 Å². The van der Waals surface area contributed by atoms with Crippen molar-refractivity contribution >= 4 is 0 Å². The van der Waals surface area contributed by atoms with Gasteiger partial charge in [-0.1, -0.05) is 26.7 Å². The van der Waals surface area contributed by atoms with Gasteiger partial charge in [-0.25, -0.2) is 0 Å². The van der Waals surface area contributed by atoms with E-state index >= 15 is 0 Å². The molecule has 3 heteroatoms. The summed E-state index contributed by atoms with van der Waals surface area (Å²) < 4.78 is 5.83. The van der Waals surface area contributed by atoms with Crippen molar-refractivity contribution in [1.82, 2.24) is 5.43 Å². The number of nitrogens with one attached hydrogen (secondary N) is 1. The summed E-state index contributed by atoms with van der Waals surface area (Å²) in [5.41, 5.74) is 2.63. The van der Waals surface area contributed by atoms with E-state index in [4.69, 9.17) is 10.6 Å². The van der Waals surface area contributed by atoms with Gasteiger partial charge in [0.15, 0.2) is 0 Å². The van der Waals surface area contributed by atoms with E-state index in [1.807, 2.05) is 0 Å². The van der Waals surface area contributed by atoms with E-state index in [1.165, 1.54) is 12.8 Å². The van der Waals surface area contributed by atoms with E-state index in [0.29, 0.717) is 6.10 Å². The van der Waals surface area contributed by atoms with E-state index < -0.39 is 0 Å². The molecular weight excluding hydrogens is 164 g/mol. The van der Waals surface area contributed by atoms with Crippen molar-refractivity contribution in [2.75, 3.05) is 6.54 Å². The first-order valence-electron chi connectivity index (χ1n) is 5.33. The van der Waals surface area contributed by atoms with Crippen LogP contribution in [0.4, 0.5) is 0 Å². The van der Waals surface area contributed by atoms with Gasteiger partial charge in [-0.2, -0.15) is 0 Å². The molecule has 3 N–H and O–H groups in total. The van der Waals surface area contributed by atoms with Crippen molar-refractivity contribution in [3.63, 3.8) is 0 Å². The van der Waals surface area contributed by atoms with E-state index in [1.54, 1.807) is 0 Å². The third-order valence-electron chi connectivity index (χ3n) is 2.05. The van der Waals surface area contributed by atoms with E-state index in [2.05, 4.69) is 26.2 Å². The van der Waals surface area contributed by atoms with Crippen LogP contribution < -0.4 is 11.3 Å². The van der Waals surface area contributed by atoms with Gasteiger partial charge in [0.2, 0.25) is 0 Å². The summed E-state index contributed by atoms with van der Waals surface area (Å²) in [5.74, 6) is 5.22. The predicted molar refractivity (Wildman–Crippen MR) is 56.3 cm³/mol. The summed E-state index contributed by atoms with van der Waals surface area (Å²) in [7, 11) is 0. The molecule has 1 unspecified atom stereocenters. The second-order valence-electron chi connectivity index (χ2n) is 3.55. The molecule has 0 aromatic carbocycles. The molecule has 0 aromatic heterocycles. The fourth-order valence-corrected chi connectivity index (χ4v) is 1.47. The summed E-state index contributed by atoms with van der Waals surface area (Å²) in [6.07, 6.45) is 5.32. The molecule has 13 heavy (non-hydrogen) atoms. The zero-order chi connectivity index (χ0) is 10.1. The largest absolute Gasteiger partial charge is 0.374 e. The normalized spacial score (nSPS) is 13.6. The maximum atomic E-state index is 5.83. The molecule has 0 bridgehead atoms. The van der Waals surface area contributed by atoms with Gasteiger partial charge in [-0.05, 0) is 19.8 Å². The summed E-state index contributed by atoms with van der Waals surface area (Å²) in [6.45, 7) is 7.16. The summed E-state index contributed by atoms with van der Waals surface area (Å²) in [4.78, 5) is 0. The fraction of sp³-hybridized carbons (Fsp3) is 1.00. The van der Waals surface area contributed by atoms with Gasteiger partial charge in [0.25, 0.3) is 0 Å². The minimum absolute atomic E-state index is 0.216. The molecule has 0 heterocycles. The van der Waals surface area contributed by atoms with Crippen LogP contribution in [-0.2, 0) is 4.74 Å². The third kappa shape index (κ3) is 6.99. The molecule has 80 valence electrons. The third-order valence-corrected chi connectivity index (χ3v) is 2.05. The zero-order valence-corrected chi connectivity index (χ0v) is 9.18. The van der Waals surface area contributed by atoms with Gasteiger partial charge in [-0.3, -0.25) is 11.3 Å². The Kier molecular flexibility index (Phi) is 8.40. The van der Waals surface area contributed by atoms with Crippen molar-refractivity contribution < 1.29 is 4.74 Å². The lowest BCUT2D eigenvalue weighted by Gasteiger charge is -2.21. The number of hydrogen-bond donors (Lipinski definition) is 2. The van der Waals surface area contributed by atoms with Crippen LogP contribution in [0.2, 0.25) is 0 Å². The van der Waals surface area contributed by atoms with Crippen LogP contribution in [0.25, 0.3) is 0 Å². The highest BCUT2D eigenvalue weighted by molar-refractivity contribution is 4.60. The molecular formula is C10H24N2O.